The van der Waals surface area contributed by atoms with Crippen LogP contribution in [0, 0.1) is 0 Å². The minimum Gasteiger partial charge on any atom is -0.497 e. The Morgan fingerprint density at radius 2 is 2.21 bits per heavy atom. The van der Waals surface area contributed by atoms with Gasteiger partial charge in [-0.2, -0.15) is 5.10 Å². The van der Waals surface area contributed by atoms with Crippen molar-refractivity contribution in [1.29, 1.82) is 0 Å². The molecule has 0 aliphatic carbocycles. The fourth-order valence-electron chi connectivity index (χ4n) is 3.24. The molecule has 0 N–H and O–H groups in total. The summed E-state index contributed by atoms with van der Waals surface area (Å²) in [5, 5.41) is 4.43. The van der Waals surface area contributed by atoms with Gasteiger partial charge in [0.25, 0.3) is 0 Å². The summed E-state index contributed by atoms with van der Waals surface area (Å²) in [5.74, 6) is 0.871. The molecule has 3 heterocycles. The highest BCUT2D eigenvalue weighted by atomic mass is 16.5. The van der Waals surface area contributed by atoms with Crippen molar-refractivity contribution >= 4 is 5.52 Å². The molecule has 1 unspecified atom stereocenters. The Morgan fingerprint density at radius 1 is 1.25 bits per heavy atom. The van der Waals surface area contributed by atoms with E-state index in [0.717, 1.165) is 32.0 Å². The Bertz CT molecular complexity index is 830. The first-order valence-electron chi connectivity index (χ1n) is 8.22. The highest BCUT2D eigenvalue weighted by Crippen LogP contribution is 2.26. The van der Waals surface area contributed by atoms with Crippen LogP contribution >= 0.6 is 0 Å². The molecular weight excluding hydrogens is 302 g/mol. The molecule has 3 aromatic rings. The lowest BCUT2D eigenvalue weighted by Crippen LogP contribution is -2.37. The first-order chi connectivity index (χ1) is 11.8. The monoisotopic (exact) mass is 323 g/mol. The molecule has 1 aromatic carbocycles. The highest BCUT2D eigenvalue weighted by molar-refractivity contribution is 5.53. The standard InChI is InChI=1S/C19H21N3O2/c1-23-17-6-4-5-15(11-17)19-14-21(9-10-24-19)13-16-12-20-22-8-3-2-7-18(16)22/h2-8,11-12,19H,9-10,13-14H2,1H3. The summed E-state index contributed by atoms with van der Waals surface area (Å²) in [6, 6.07) is 14.3. The maximum Gasteiger partial charge on any atom is 0.119 e. The van der Waals surface area contributed by atoms with Crippen molar-refractivity contribution in [3.8, 4) is 5.75 Å². The Kier molecular flexibility index (Phi) is 4.19. The topological polar surface area (TPSA) is 39.0 Å². The molecule has 124 valence electrons. The molecule has 5 nitrogen and oxygen atoms in total. The van der Waals surface area contributed by atoms with Crippen LogP contribution in [0.2, 0.25) is 0 Å². The van der Waals surface area contributed by atoms with E-state index >= 15 is 0 Å². The minimum atomic E-state index is 0.0793. The van der Waals surface area contributed by atoms with E-state index in [4.69, 9.17) is 9.47 Å². The van der Waals surface area contributed by atoms with Gasteiger partial charge in [0.15, 0.2) is 0 Å². The SMILES string of the molecule is COc1cccc(C2CN(Cc3cnn4ccccc34)CCO2)c1. The van der Waals surface area contributed by atoms with Gasteiger partial charge < -0.3 is 9.47 Å². The van der Waals surface area contributed by atoms with Crippen molar-refractivity contribution < 1.29 is 9.47 Å². The molecule has 1 fully saturated rings. The molecule has 2 aromatic heterocycles. The highest BCUT2D eigenvalue weighted by Gasteiger charge is 2.23. The van der Waals surface area contributed by atoms with Gasteiger partial charge in [0, 0.05) is 31.4 Å². The first-order valence-corrected chi connectivity index (χ1v) is 8.22. The molecule has 0 saturated carbocycles. The van der Waals surface area contributed by atoms with Crippen LogP contribution in [0.15, 0.2) is 54.9 Å². The van der Waals surface area contributed by atoms with E-state index in [1.165, 1.54) is 16.6 Å². The number of benzene rings is 1. The summed E-state index contributed by atoms with van der Waals surface area (Å²) < 4.78 is 13.2. The molecule has 5 heteroatoms. The van der Waals surface area contributed by atoms with Crippen molar-refractivity contribution in [2.45, 2.75) is 12.6 Å². The van der Waals surface area contributed by atoms with Crippen LogP contribution in [-0.4, -0.2) is 41.3 Å². The van der Waals surface area contributed by atoms with Crippen LogP contribution < -0.4 is 4.74 Å². The van der Waals surface area contributed by atoms with Gasteiger partial charge in [-0.1, -0.05) is 18.2 Å². The van der Waals surface area contributed by atoms with E-state index in [1.807, 2.05) is 35.1 Å². The summed E-state index contributed by atoms with van der Waals surface area (Å²) in [4.78, 5) is 2.43. The lowest BCUT2D eigenvalue weighted by Gasteiger charge is -2.33. The van der Waals surface area contributed by atoms with E-state index in [1.54, 1.807) is 7.11 Å². The summed E-state index contributed by atoms with van der Waals surface area (Å²) in [6.07, 6.45) is 4.03. The third-order valence-corrected chi connectivity index (χ3v) is 4.52. The normalized spacial score (nSPS) is 18.8. The summed E-state index contributed by atoms with van der Waals surface area (Å²) in [6.45, 7) is 3.43. The average molecular weight is 323 g/mol. The number of ether oxygens (including phenoxy) is 2. The molecule has 4 rings (SSSR count). The molecule has 1 aliphatic heterocycles. The lowest BCUT2D eigenvalue weighted by molar-refractivity contribution is -0.0328. The molecule has 0 amide bonds. The van der Waals surface area contributed by atoms with Gasteiger partial charge in [-0.05, 0) is 29.8 Å². The number of fused-ring (bicyclic) bond motifs is 1. The number of morpholine rings is 1. The molecule has 0 bridgehead atoms. The van der Waals surface area contributed by atoms with Gasteiger partial charge >= 0.3 is 0 Å². The van der Waals surface area contributed by atoms with Crippen LogP contribution in [0.4, 0.5) is 0 Å². The molecule has 1 aliphatic rings. The number of aromatic nitrogens is 2. The van der Waals surface area contributed by atoms with Crippen molar-refractivity contribution in [3.05, 3.63) is 66.0 Å². The summed E-state index contributed by atoms with van der Waals surface area (Å²) in [5.41, 5.74) is 3.59. The Balaban J connectivity index is 1.50. The van der Waals surface area contributed by atoms with Crippen LogP contribution in [0.5, 0.6) is 5.75 Å². The molecule has 0 spiro atoms. The Labute approximate surface area is 141 Å². The van der Waals surface area contributed by atoms with Gasteiger partial charge in [-0.15, -0.1) is 0 Å². The van der Waals surface area contributed by atoms with Crippen molar-refractivity contribution in [3.63, 3.8) is 0 Å². The maximum atomic E-state index is 5.98. The van der Waals surface area contributed by atoms with E-state index in [9.17, 15) is 0 Å². The predicted molar refractivity (Wildman–Crippen MR) is 92.2 cm³/mol. The fourth-order valence-corrected chi connectivity index (χ4v) is 3.24. The third-order valence-electron chi connectivity index (χ3n) is 4.52. The Morgan fingerprint density at radius 3 is 3.12 bits per heavy atom. The molecular formula is C19H21N3O2. The minimum absolute atomic E-state index is 0.0793. The zero-order valence-electron chi connectivity index (χ0n) is 13.8. The average Bonchev–Trinajstić information content (AvgIpc) is 3.05. The number of hydrogen-bond donors (Lipinski definition) is 0. The van der Waals surface area contributed by atoms with Crippen molar-refractivity contribution in [1.82, 2.24) is 14.5 Å². The van der Waals surface area contributed by atoms with Crippen LogP contribution in [0.25, 0.3) is 5.52 Å². The van der Waals surface area contributed by atoms with Crippen LogP contribution in [0.3, 0.4) is 0 Å². The number of pyridine rings is 1. The summed E-state index contributed by atoms with van der Waals surface area (Å²) in [7, 11) is 1.69. The van der Waals surface area contributed by atoms with Crippen molar-refractivity contribution in [2.75, 3.05) is 26.8 Å². The maximum absolute atomic E-state index is 5.98. The largest absolute Gasteiger partial charge is 0.497 e. The van der Waals surface area contributed by atoms with Gasteiger partial charge in [-0.25, -0.2) is 4.52 Å². The third kappa shape index (κ3) is 3.00. The quantitative estimate of drug-likeness (QED) is 0.740. The van der Waals surface area contributed by atoms with E-state index < -0.39 is 0 Å². The van der Waals surface area contributed by atoms with Gasteiger partial charge in [-0.3, -0.25) is 4.90 Å². The second-order valence-electron chi connectivity index (χ2n) is 6.07. The van der Waals surface area contributed by atoms with Crippen LogP contribution in [-0.2, 0) is 11.3 Å². The lowest BCUT2D eigenvalue weighted by atomic mass is 10.1. The predicted octanol–water partition coefficient (Wildman–Crippen LogP) is 2.92. The zero-order valence-corrected chi connectivity index (χ0v) is 13.8. The molecule has 24 heavy (non-hydrogen) atoms. The zero-order chi connectivity index (χ0) is 16.4. The van der Waals surface area contributed by atoms with Crippen LogP contribution in [0.1, 0.15) is 17.2 Å². The second kappa shape index (κ2) is 6.63. The van der Waals surface area contributed by atoms with E-state index in [0.29, 0.717) is 0 Å². The Hall–Kier alpha value is -2.37. The molecule has 0 radical (unpaired) electrons. The molecule has 1 saturated heterocycles. The smallest absolute Gasteiger partial charge is 0.119 e. The van der Waals surface area contributed by atoms with Gasteiger partial charge in [0.1, 0.15) is 5.75 Å². The number of methoxy groups -OCH3 is 1. The number of rotatable bonds is 4. The van der Waals surface area contributed by atoms with Crippen molar-refractivity contribution in [2.24, 2.45) is 0 Å². The number of hydrogen-bond acceptors (Lipinski definition) is 4. The molecule has 1 atom stereocenters. The first kappa shape index (κ1) is 15.2. The fraction of sp³-hybridized carbons (Fsp3) is 0.316. The summed E-state index contributed by atoms with van der Waals surface area (Å²) >= 11 is 0. The van der Waals surface area contributed by atoms with Gasteiger partial charge in [0.05, 0.1) is 31.5 Å². The number of nitrogens with zero attached hydrogens (tertiary/aromatic N) is 3. The second-order valence-corrected chi connectivity index (χ2v) is 6.07. The van der Waals surface area contributed by atoms with Gasteiger partial charge in [0.2, 0.25) is 0 Å². The van der Waals surface area contributed by atoms with E-state index in [-0.39, 0.29) is 6.10 Å². The van der Waals surface area contributed by atoms with E-state index in [2.05, 4.69) is 34.3 Å².